The Balaban J connectivity index is 2.20. The lowest BCUT2D eigenvalue weighted by Crippen LogP contribution is -2.34. The van der Waals surface area contributed by atoms with Gasteiger partial charge in [-0.1, -0.05) is 30.3 Å². The molecule has 0 aliphatic heterocycles. The standard InChI is InChI=1S/C15H18N2O2S/c1-3-17(11(2)9-14(18)19)15-16-13(10-20-15)12-7-5-4-6-8-12/h4-8,10-11H,3,9H2,1-2H3,(H,18,19). The van der Waals surface area contributed by atoms with Crippen molar-refractivity contribution in [1.82, 2.24) is 4.98 Å². The highest BCUT2D eigenvalue weighted by Gasteiger charge is 2.19. The van der Waals surface area contributed by atoms with Gasteiger partial charge in [-0.05, 0) is 13.8 Å². The van der Waals surface area contributed by atoms with Gasteiger partial charge < -0.3 is 10.0 Å². The summed E-state index contributed by atoms with van der Waals surface area (Å²) in [5.41, 5.74) is 2.02. The zero-order valence-electron chi connectivity index (χ0n) is 11.6. The number of benzene rings is 1. The third-order valence-corrected chi connectivity index (χ3v) is 4.03. The van der Waals surface area contributed by atoms with Crippen molar-refractivity contribution < 1.29 is 9.90 Å². The minimum Gasteiger partial charge on any atom is -0.481 e. The van der Waals surface area contributed by atoms with Gasteiger partial charge in [-0.15, -0.1) is 11.3 Å². The maximum absolute atomic E-state index is 10.8. The summed E-state index contributed by atoms with van der Waals surface area (Å²) in [6.45, 7) is 4.68. The van der Waals surface area contributed by atoms with E-state index in [-0.39, 0.29) is 12.5 Å². The Kier molecular flexibility index (Phi) is 4.74. The predicted molar refractivity (Wildman–Crippen MR) is 82.3 cm³/mol. The fourth-order valence-electron chi connectivity index (χ4n) is 2.14. The summed E-state index contributed by atoms with van der Waals surface area (Å²) in [5.74, 6) is -0.782. The van der Waals surface area contributed by atoms with Gasteiger partial charge in [0.2, 0.25) is 0 Å². The average Bonchev–Trinajstić information content (AvgIpc) is 2.89. The minimum absolute atomic E-state index is 0.0627. The van der Waals surface area contributed by atoms with Gasteiger partial charge in [0.05, 0.1) is 12.1 Å². The van der Waals surface area contributed by atoms with E-state index in [9.17, 15) is 4.79 Å². The van der Waals surface area contributed by atoms with Gasteiger partial charge >= 0.3 is 5.97 Å². The molecular weight excluding hydrogens is 272 g/mol. The number of thiazole rings is 1. The lowest BCUT2D eigenvalue weighted by atomic mass is 10.2. The van der Waals surface area contributed by atoms with Gasteiger partial charge in [-0.2, -0.15) is 0 Å². The molecule has 2 rings (SSSR count). The molecule has 1 N–H and O–H groups in total. The number of nitrogens with zero attached hydrogens (tertiary/aromatic N) is 2. The Bertz CT molecular complexity index is 568. The molecule has 0 aliphatic rings. The van der Waals surface area contributed by atoms with Crippen LogP contribution in [0.4, 0.5) is 5.13 Å². The summed E-state index contributed by atoms with van der Waals surface area (Å²) in [7, 11) is 0. The van der Waals surface area contributed by atoms with Crippen molar-refractivity contribution in [2.45, 2.75) is 26.3 Å². The number of aromatic nitrogens is 1. The SMILES string of the molecule is CCN(c1nc(-c2ccccc2)cs1)C(C)CC(=O)O. The molecular formula is C15H18N2O2S. The molecule has 0 aliphatic carbocycles. The molecule has 0 amide bonds. The Morgan fingerprint density at radius 2 is 2.10 bits per heavy atom. The molecule has 1 unspecified atom stereocenters. The maximum atomic E-state index is 10.8. The van der Waals surface area contributed by atoms with E-state index in [0.29, 0.717) is 0 Å². The largest absolute Gasteiger partial charge is 0.481 e. The van der Waals surface area contributed by atoms with Gasteiger partial charge in [0.1, 0.15) is 0 Å². The minimum atomic E-state index is -0.782. The number of anilines is 1. The Labute approximate surface area is 122 Å². The van der Waals surface area contributed by atoms with Crippen molar-refractivity contribution in [1.29, 1.82) is 0 Å². The first kappa shape index (κ1) is 14.5. The van der Waals surface area contributed by atoms with Crippen LogP contribution in [0.25, 0.3) is 11.3 Å². The molecule has 2 aromatic rings. The number of rotatable bonds is 6. The van der Waals surface area contributed by atoms with E-state index in [1.165, 1.54) is 0 Å². The van der Waals surface area contributed by atoms with Gasteiger partial charge in [-0.25, -0.2) is 4.98 Å². The summed E-state index contributed by atoms with van der Waals surface area (Å²) in [4.78, 5) is 17.5. The molecule has 1 aromatic carbocycles. The van der Waals surface area contributed by atoms with Crippen LogP contribution in [0.15, 0.2) is 35.7 Å². The fourth-order valence-corrected chi connectivity index (χ4v) is 3.14. The molecule has 4 nitrogen and oxygen atoms in total. The van der Waals surface area contributed by atoms with Crippen LogP contribution in [0.2, 0.25) is 0 Å². The van der Waals surface area contributed by atoms with E-state index in [4.69, 9.17) is 5.11 Å². The summed E-state index contributed by atoms with van der Waals surface area (Å²) < 4.78 is 0. The van der Waals surface area contributed by atoms with Crippen molar-refractivity contribution in [3.63, 3.8) is 0 Å². The van der Waals surface area contributed by atoms with E-state index >= 15 is 0 Å². The number of hydrogen-bond acceptors (Lipinski definition) is 4. The average molecular weight is 290 g/mol. The quantitative estimate of drug-likeness (QED) is 0.884. The molecule has 106 valence electrons. The second-order valence-corrected chi connectivity index (χ2v) is 5.45. The topological polar surface area (TPSA) is 53.4 Å². The van der Waals surface area contributed by atoms with Crippen molar-refractivity contribution in [2.24, 2.45) is 0 Å². The first-order chi connectivity index (χ1) is 9.61. The zero-order chi connectivity index (χ0) is 14.5. The van der Waals surface area contributed by atoms with Crippen LogP contribution < -0.4 is 4.90 Å². The van der Waals surface area contributed by atoms with Crippen molar-refractivity contribution in [3.8, 4) is 11.3 Å². The van der Waals surface area contributed by atoms with E-state index in [0.717, 1.165) is 22.9 Å². The van der Waals surface area contributed by atoms with Crippen molar-refractivity contribution in [2.75, 3.05) is 11.4 Å². The van der Waals surface area contributed by atoms with Crippen LogP contribution in [-0.2, 0) is 4.79 Å². The number of carbonyl (C=O) groups is 1. The Morgan fingerprint density at radius 1 is 1.40 bits per heavy atom. The molecule has 0 radical (unpaired) electrons. The molecule has 1 atom stereocenters. The summed E-state index contributed by atoms with van der Waals surface area (Å²) in [6.07, 6.45) is 0.119. The van der Waals surface area contributed by atoms with Crippen molar-refractivity contribution in [3.05, 3.63) is 35.7 Å². The molecule has 0 spiro atoms. The second-order valence-electron chi connectivity index (χ2n) is 4.61. The van der Waals surface area contributed by atoms with E-state index in [1.807, 2.05) is 54.5 Å². The third kappa shape index (κ3) is 3.36. The zero-order valence-corrected chi connectivity index (χ0v) is 12.4. The highest BCUT2D eigenvalue weighted by molar-refractivity contribution is 7.14. The summed E-state index contributed by atoms with van der Waals surface area (Å²) in [5, 5.41) is 11.8. The molecule has 1 heterocycles. The third-order valence-electron chi connectivity index (χ3n) is 3.15. The second kappa shape index (κ2) is 6.52. The van der Waals surface area contributed by atoms with Crippen LogP contribution in [0.3, 0.4) is 0 Å². The summed E-state index contributed by atoms with van der Waals surface area (Å²) >= 11 is 1.55. The van der Waals surface area contributed by atoms with Crippen molar-refractivity contribution >= 4 is 22.4 Å². The van der Waals surface area contributed by atoms with Gasteiger partial charge in [-0.3, -0.25) is 4.79 Å². The first-order valence-corrected chi connectivity index (χ1v) is 7.49. The molecule has 0 bridgehead atoms. The van der Waals surface area contributed by atoms with Crippen LogP contribution in [0.1, 0.15) is 20.3 Å². The predicted octanol–water partition coefficient (Wildman–Crippen LogP) is 3.50. The lowest BCUT2D eigenvalue weighted by molar-refractivity contribution is -0.137. The number of carboxylic acids is 1. The number of hydrogen-bond donors (Lipinski definition) is 1. The monoisotopic (exact) mass is 290 g/mol. The van der Waals surface area contributed by atoms with Gasteiger partial charge in [0.25, 0.3) is 0 Å². The van der Waals surface area contributed by atoms with Crippen LogP contribution in [0.5, 0.6) is 0 Å². The van der Waals surface area contributed by atoms with Crippen LogP contribution in [0, 0.1) is 0 Å². The Morgan fingerprint density at radius 3 is 2.70 bits per heavy atom. The van der Waals surface area contributed by atoms with E-state index in [2.05, 4.69) is 4.98 Å². The normalized spacial score (nSPS) is 12.1. The molecule has 0 fully saturated rings. The van der Waals surface area contributed by atoms with Gasteiger partial charge in [0, 0.05) is 23.5 Å². The van der Waals surface area contributed by atoms with Gasteiger partial charge in [0.15, 0.2) is 5.13 Å². The van der Waals surface area contributed by atoms with Crippen LogP contribution in [-0.4, -0.2) is 28.6 Å². The van der Waals surface area contributed by atoms with Crippen LogP contribution >= 0.6 is 11.3 Å². The first-order valence-electron chi connectivity index (χ1n) is 6.61. The molecule has 0 saturated heterocycles. The fraction of sp³-hybridized carbons (Fsp3) is 0.333. The maximum Gasteiger partial charge on any atom is 0.305 e. The van der Waals surface area contributed by atoms with E-state index < -0.39 is 5.97 Å². The molecule has 5 heteroatoms. The smallest absolute Gasteiger partial charge is 0.305 e. The lowest BCUT2D eigenvalue weighted by Gasteiger charge is -2.26. The molecule has 0 saturated carbocycles. The highest BCUT2D eigenvalue weighted by Crippen LogP contribution is 2.28. The Hall–Kier alpha value is -1.88. The molecule has 20 heavy (non-hydrogen) atoms. The van der Waals surface area contributed by atoms with E-state index in [1.54, 1.807) is 11.3 Å². The number of aliphatic carboxylic acids is 1. The number of carboxylic acid groups (broad SMARTS) is 1. The highest BCUT2D eigenvalue weighted by atomic mass is 32.1. The summed E-state index contributed by atoms with van der Waals surface area (Å²) in [6, 6.07) is 9.93. The molecule has 1 aromatic heterocycles.